The molecule has 0 aliphatic carbocycles. The Morgan fingerprint density at radius 1 is 1.03 bits per heavy atom. The number of pyridine rings is 1. The lowest BCUT2D eigenvalue weighted by Gasteiger charge is -2.19. The smallest absolute Gasteiger partial charge is 0.251 e. The highest BCUT2D eigenvalue weighted by molar-refractivity contribution is 5.94. The first-order valence-corrected chi connectivity index (χ1v) is 9.58. The zero-order valence-electron chi connectivity index (χ0n) is 16.3. The molecule has 2 aromatic carbocycles. The van der Waals surface area contributed by atoms with E-state index in [0.717, 1.165) is 11.1 Å². The van der Waals surface area contributed by atoms with Crippen LogP contribution in [-0.2, 0) is 13.2 Å². The van der Waals surface area contributed by atoms with Gasteiger partial charge in [-0.15, -0.1) is 0 Å². The Morgan fingerprint density at radius 2 is 1.93 bits per heavy atom. The quantitative estimate of drug-likeness (QED) is 0.491. The molecule has 150 valence electrons. The van der Waals surface area contributed by atoms with Crippen molar-refractivity contribution in [2.75, 3.05) is 0 Å². The molecule has 7 heteroatoms. The second kappa shape index (κ2) is 9.47. The highest BCUT2D eigenvalue weighted by atomic mass is 16.5. The van der Waals surface area contributed by atoms with E-state index < -0.39 is 0 Å². The normalized spacial score (nSPS) is 11.6. The molecule has 0 spiro atoms. The average molecular weight is 399 g/mol. The molecule has 0 fully saturated rings. The van der Waals surface area contributed by atoms with Crippen LogP contribution in [-0.4, -0.2) is 25.7 Å². The lowest BCUT2D eigenvalue weighted by Crippen LogP contribution is -2.31. The number of benzene rings is 2. The van der Waals surface area contributed by atoms with E-state index in [1.54, 1.807) is 35.5 Å². The molecular weight excluding hydrogens is 378 g/mol. The van der Waals surface area contributed by atoms with Crippen molar-refractivity contribution >= 4 is 5.91 Å². The van der Waals surface area contributed by atoms with Crippen LogP contribution in [0, 0.1) is 0 Å². The molecule has 0 aliphatic rings. The van der Waals surface area contributed by atoms with Crippen LogP contribution in [0.1, 0.15) is 27.5 Å². The van der Waals surface area contributed by atoms with Crippen molar-refractivity contribution in [1.29, 1.82) is 0 Å². The van der Waals surface area contributed by atoms with Gasteiger partial charge in [-0.25, -0.2) is 4.98 Å². The first-order valence-electron chi connectivity index (χ1n) is 9.58. The second-order valence-electron chi connectivity index (χ2n) is 6.73. The summed E-state index contributed by atoms with van der Waals surface area (Å²) >= 11 is 0. The maximum absolute atomic E-state index is 13.0. The maximum atomic E-state index is 13.0. The summed E-state index contributed by atoms with van der Waals surface area (Å²) in [5.41, 5.74) is 2.48. The van der Waals surface area contributed by atoms with Gasteiger partial charge in [-0.1, -0.05) is 42.5 Å². The Hall–Kier alpha value is -4.00. The van der Waals surface area contributed by atoms with Crippen molar-refractivity contribution in [2.45, 2.75) is 19.2 Å². The highest BCUT2D eigenvalue weighted by Gasteiger charge is 2.17. The molecule has 0 saturated heterocycles. The lowest BCUT2D eigenvalue weighted by molar-refractivity contribution is 0.0931. The van der Waals surface area contributed by atoms with Gasteiger partial charge in [0, 0.05) is 23.5 Å². The molecule has 2 aromatic heterocycles. The first-order chi connectivity index (χ1) is 14.8. The van der Waals surface area contributed by atoms with Gasteiger partial charge in [0.2, 0.25) is 0 Å². The van der Waals surface area contributed by atoms with Gasteiger partial charge in [0.1, 0.15) is 25.0 Å². The van der Waals surface area contributed by atoms with Gasteiger partial charge in [-0.2, -0.15) is 5.10 Å². The fraction of sp³-hybridized carbons (Fsp3) is 0.130. The molecule has 4 aromatic rings. The van der Waals surface area contributed by atoms with Gasteiger partial charge in [0.05, 0.1) is 12.6 Å². The second-order valence-corrected chi connectivity index (χ2v) is 6.73. The van der Waals surface area contributed by atoms with Crippen molar-refractivity contribution < 1.29 is 9.53 Å². The number of nitrogens with zero attached hydrogens (tertiary/aromatic N) is 4. The minimum Gasteiger partial charge on any atom is -0.489 e. The number of amides is 1. The van der Waals surface area contributed by atoms with Crippen molar-refractivity contribution in [3.63, 3.8) is 0 Å². The summed E-state index contributed by atoms with van der Waals surface area (Å²) in [5, 5.41) is 7.25. The van der Waals surface area contributed by atoms with Gasteiger partial charge < -0.3 is 10.1 Å². The maximum Gasteiger partial charge on any atom is 0.251 e. The molecule has 0 bridgehead atoms. The lowest BCUT2D eigenvalue weighted by atomic mass is 10.1. The summed E-state index contributed by atoms with van der Waals surface area (Å²) < 4.78 is 7.52. The number of hydrogen-bond donors (Lipinski definition) is 1. The summed E-state index contributed by atoms with van der Waals surface area (Å²) in [4.78, 5) is 21.0. The Labute approximate surface area is 174 Å². The molecule has 1 unspecified atom stereocenters. The molecule has 0 aliphatic heterocycles. The van der Waals surface area contributed by atoms with Gasteiger partial charge in [-0.3, -0.25) is 14.5 Å². The molecule has 1 amide bonds. The molecule has 0 saturated carbocycles. The van der Waals surface area contributed by atoms with Crippen LogP contribution in [0.5, 0.6) is 5.75 Å². The van der Waals surface area contributed by atoms with E-state index in [2.05, 4.69) is 20.4 Å². The average Bonchev–Trinajstić information content (AvgIpc) is 3.32. The van der Waals surface area contributed by atoms with E-state index in [9.17, 15) is 4.79 Å². The van der Waals surface area contributed by atoms with Gasteiger partial charge >= 0.3 is 0 Å². The van der Waals surface area contributed by atoms with Gasteiger partial charge in [0.15, 0.2) is 0 Å². The molecule has 7 nitrogen and oxygen atoms in total. The SMILES string of the molecule is O=C(NC(Cn1cncn1)c1ccccc1)c1cccc(OCc2cccnc2)c1. The van der Waals surface area contributed by atoms with Gasteiger partial charge in [0.25, 0.3) is 5.91 Å². The Bertz CT molecular complexity index is 1070. The van der Waals surface area contributed by atoms with Crippen LogP contribution in [0.2, 0.25) is 0 Å². The summed E-state index contributed by atoms with van der Waals surface area (Å²) in [6.07, 6.45) is 6.59. The van der Waals surface area contributed by atoms with Crippen LogP contribution in [0.4, 0.5) is 0 Å². The number of nitrogens with one attached hydrogen (secondary N) is 1. The number of aromatic nitrogens is 4. The zero-order chi connectivity index (χ0) is 20.6. The van der Waals surface area contributed by atoms with Crippen LogP contribution in [0.3, 0.4) is 0 Å². The van der Waals surface area contributed by atoms with Crippen molar-refractivity contribution in [3.8, 4) is 5.75 Å². The monoisotopic (exact) mass is 399 g/mol. The third-order valence-electron chi connectivity index (χ3n) is 4.57. The minimum absolute atomic E-state index is 0.184. The number of hydrogen-bond acceptors (Lipinski definition) is 5. The van der Waals surface area contributed by atoms with Crippen LogP contribution >= 0.6 is 0 Å². The number of rotatable bonds is 8. The number of ether oxygens (including phenoxy) is 1. The zero-order valence-corrected chi connectivity index (χ0v) is 16.3. The fourth-order valence-electron chi connectivity index (χ4n) is 3.05. The predicted octanol–water partition coefficient (Wildman–Crippen LogP) is 3.42. The largest absolute Gasteiger partial charge is 0.489 e. The molecule has 1 atom stereocenters. The minimum atomic E-state index is -0.250. The molecule has 2 heterocycles. The van der Waals surface area contributed by atoms with E-state index in [1.165, 1.54) is 6.33 Å². The molecular formula is C23H21N5O2. The molecule has 4 rings (SSSR count). The standard InChI is InChI=1S/C23H21N5O2/c29-23(20-9-4-10-21(12-20)30-15-18-6-5-11-24-13-18)27-22(14-28-17-25-16-26-28)19-7-2-1-3-8-19/h1-13,16-17,22H,14-15H2,(H,27,29). The highest BCUT2D eigenvalue weighted by Crippen LogP contribution is 2.18. The molecule has 30 heavy (non-hydrogen) atoms. The third-order valence-corrected chi connectivity index (χ3v) is 4.57. The van der Waals surface area contributed by atoms with Crippen LogP contribution in [0.15, 0.2) is 91.8 Å². The molecule has 1 N–H and O–H groups in total. The first kappa shape index (κ1) is 19.3. The fourth-order valence-corrected chi connectivity index (χ4v) is 3.05. The molecule has 0 radical (unpaired) electrons. The van der Waals surface area contributed by atoms with Crippen molar-refractivity contribution in [2.24, 2.45) is 0 Å². The van der Waals surface area contributed by atoms with E-state index in [0.29, 0.717) is 24.5 Å². The third kappa shape index (κ3) is 5.08. The number of carbonyl (C=O) groups excluding carboxylic acids is 1. The Balaban J connectivity index is 1.47. The topological polar surface area (TPSA) is 81.9 Å². The van der Waals surface area contributed by atoms with Crippen molar-refractivity contribution in [1.82, 2.24) is 25.1 Å². The summed E-state index contributed by atoms with van der Waals surface area (Å²) in [6.45, 7) is 0.866. The van der Waals surface area contributed by atoms with E-state index in [1.807, 2.05) is 54.6 Å². The van der Waals surface area contributed by atoms with E-state index >= 15 is 0 Å². The van der Waals surface area contributed by atoms with Crippen LogP contribution < -0.4 is 10.1 Å². The van der Waals surface area contributed by atoms with E-state index in [4.69, 9.17) is 4.74 Å². The summed E-state index contributed by atoms with van der Waals surface area (Å²) in [7, 11) is 0. The van der Waals surface area contributed by atoms with Gasteiger partial charge in [-0.05, 0) is 29.8 Å². The number of carbonyl (C=O) groups is 1. The van der Waals surface area contributed by atoms with Crippen LogP contribution in [0.25, 0.3) is 0 Å². The van der Waals surface area contributed by atoms with E-state index in [-0.39, 0.29) is 11.9 Å². The Morgan fingerprint density at radius 3 is 2.70 bits per heavy atom. The van der Waals surface area contributed by atoms with Crippen molar-refractivity contribution in [3.05, 3.63) is 108 Å². The summed E-state index contributed by atoms with van der Waals surface area (Å²) in [6, 6.07) is 20.5. The predicted molar refractivity (Wildman–Crippen MR) is 112 cm³/mol. The Kier molecular flexibility index (Phi) is 6.10. The summed E-state index contributed by atoms with van der Waals surface area (Å²) in [5.74, 6) is 0.440.